The highest BCUT2D eigenvalue weighted by Gasteiger charge is 1.94. The molecular weight excluding hydrogens is 158 g/mol. The van der Waals surface area contributed by atoms with Gasteiger partial charge in [0.15, 0.2) is 0 Å². The van der Waals surface area contributed by atoms with Gasteiger partial charge in [0.2, 0.25) is 0 Å². The molecule has 0 radical (unpaired) electrons. The summed E-state index contributed by atoms with van der Waals surface area (Å²) in [7, 11) is 0. The second kappa shape index (κ2) is 6.53. The van der Waals surface area contributed by atoms with E-state index < -0.39 is 0 Å². The summed E-state index contributed by atoms with van der Waals surface area (Å²) in [4.78, 5) is 0. The molecule has 0 atom stereocenters. The van der Waals surface area contributed by atoms with Gasteiger partial charge in [0.25, 0.3) is 0 Å². The zero-order valence-corrected chi connectivity index (χ0v) is 8.42. The first-order valence-corrected chi connectivity index (χ1v) is 5.22. The van der Waals surface area contributed by atoms with Crippen LogP contribution >= 0.6 is 0 Å². The zero-order valence-electron chi connectivity index (χ0n) is 8.42. The number of hydrogen-bond donors (Lipinski definition) is 1. The van der Waals surface area contributed by atoms with Crippen LogP contribution in [0.2, 0.25) is 0 Å². The minimum Gasteiger partial charge on any atom is -0.365 e. The van der Waals surface area contributed by atoms with Gasteiger partial charge in [0, 0.05) is 11.9 Å². The van der Waals surface area contributed by atoms with Crippen LogP contribution in [0.3, 0.4) is 0 Å². The van der Waals surface area contributed by atoms with E-state index >= 15 is 0 Å². The van der Waals surface area contributed by atoms with Crippen LogP contribution in [0, 0.1) is 0 Å². The predicted octanol–water partition coefficient (Wildman–Crippen LogP) is 3.51. The molecule has 72 valence electrons. The van der Waals surface area contributed by atoms with Crippen molar-refractivity contribution in [2.75, 3.05) is 0 Å². The highest BCUT2D eigenvalue weighted by atomic mass is 14.8. The lowest BCUT2D eigenvalue weighted by Crippen LogP contribution is -2.03. The lowest BCUT2D eigenvalue weighted by Gasteiger charge is -2.05. The van der Waals surface area contributed by atoms with E-state index in [1.165, 1.54) is 37.8 Å². The highest BCUT2D eigenvalue weighted by Crippen LogP contribution is 2.09. The maximum absolute atomic E-state index is 3.28. The van der Waals surface area contributed by atoms with Crippen LogP contribution in [0.15, 0.2) is 36.2 Å². The maximum Gasteiger partial charge on any atom is 0.0146 e. The van der Waals surface area contributed by atoms with E-state index in [1.54, 1.807) is 0 Å². The van der Waals surface area contributed by atoms with E-state index in [-0.39, 0.29) is 0 Å². The molecule has 1 aliphatic heterocycles. The molecule has 0 aromatic heterocycles. The fraction of sp³-hybridized carbons (Fsp3) is 0.500. The Kier molecular flexibility index (Phi) is 5.07. The molecule has 1 N–H and O–H groups in total. The van der Waals surface area contributed by atoms with Crippen molar-refractivity contribution in [3.8, 4) is 0 Å². The Bertz CT molecular complexity index is 211. The van der Waals surface area contributed by atoms with Gasteiger partial charge in [0.05, 0.1) is 0 Å². The lowest BCUT2D eigenvalue weighted by atomic mass is 10.1. The van der Waals surface area contributed by atoms with Crippen molar-refractivity contribution in [1.82, 2.24) is 5.32 Å². The van der Waals surface area contributed by atoms with Crippen LogP contribution in [0.25, 0.3) is 0 Å². The zero-order chi connectivity index (χ0) is 9.36. The largest absolute Gasteiger partial charge is 0.365 e. The van der Waals surface area contributed by atoms with E-state index in [1.807, 2.05) is 18.4 Å². The molecule has 0 saturated heterocycles. The number of nitrogens with one attached hydrogen (secondary N) is 1. The third-order valence-electron chi connectivity index (χ3n) is 2.18. The van der Waals surface area contributed by atoms with E-state index in [0.717, 1.165) is 0 Å². The van der Waals surface area contributed by atoms with E-state index in [2.05, 4.69) is 24.4 Å². The molecule has 0 aromatic rings. The fourth-order valence-corrected chi connectivity index (χ4v) is 1.39. The minimum atomic E-state index is 1.18. The van der Waals surface area contributed by atoms with Gasteiger partial charge in [-0.05, 0) is 25.0 Å². The summed E-state index contributed by atoms with van der Waals surface area (Å²) in [6.07, 6.45) is 16.8. The van der Waals surface area contributed by atoms with Crippen LogP contribution in [0.1, 0.15) is 39.0 Å². The van der Waals surface area contributed by atoms with Crippen molar-refractivity contribution >= 4 is 0 Å². The lowest BCUT2D eigenvalue weighted by molar-refractivity contribution is 0.654. The summed E-state index contributed by atoms with van der Waals surface area (Å²) in [6.45, 7) is 2.24. The van der Waals surface area contributed by atoms with Crippen molar-refractivity contribution in [1.29, 1.82) is 0 Å². The number of hydrogen-bond acceptors (Lipinski definition) is 1. The quantitative estimate of drug-likeness (QED) is 0.634. The molecule has 1 heterocycles. The van der Waals surface area contributed by atoms with Crippen molar-refractivity contribution in [3.63, 3.8) is 0 Å². The molecule has 0 unspecified atom stereocenters. The first kappa shape index (κ1) is 10.1. The molecule has 1 aliphatic rings. The monoisotopic (exact) mass is 177 g/mol. The Morgan fingerprint density at radius 1 is 1.08 bits per heavy atom. The number of rotatable bonds is 5. The Hall–Kier alpha value is -0.980. The molecule has 0 bridgehead atoms. The van der Waals surface area contributed by atoms with Crippen LogP contribution in [-0.4, -0.2) is 0 Å². The standard InChI is InChI=1S/C12H19N/c1-2-3-4-6-9-12-10-7-5-8-11-13-12/h5,7-8,10-11,13H,2-4,6,9H2,1H3. The van der Waals surface area contributed by atoms with Gasteiger partial charge in [-0.1, -0.05) is 38.3 Å². The van der Waals surface area contributed by atoms with Crippen LogP contribution in [0.5, 0.6) is 0 Å². The molecule has 0 aliphatic carbocycles. The minimum absolute atomic E-state index is 1.18. The topological polar surface area (TPSA) is 12.0 Å². The van der Waals surface area contributed by atoms with Gasteiger partial charge in [0.1, 0.15) is 0 Å². The van der Waals surface area contributed by atoms with E-state index in [9.17, 15) is 0 Å². The molecule has 0 amide bonds. The highest BCUT2D eigenvalue weighted by molar-refractivity contribution is 5.20. The summed E-state index contributed by atoms with van der Waals surface area (Å²) in [6, 6.07) is 0. The van der Waals surface area contributed by atoms with E-state index in [0.29, 0.717) is 0 Å². The molecule has 1 heteroatoms. The molecule has 1 rings (SSSR count). The summed E-state index contributed by atoms with van der Waals surface area (Å²) >= 11 is 0. The van der Waals surface area contributed by atoms with Gasteiger partial charge < -0.3 is 5.32 Å². The van der Waals surface area contributed by atoms with Crippen LogP contribution < -0.4 is 5.32 Å². The Balaban J connectivity index is 2.17. The smallest absolute Gasteiger partial charge is 0.0146 e. The molecule has 0 aromatic carbocycles. The number of unbranched alkanes of at least 4 members (excludes halogenated alkanes) is 3. The summed E-state index contributed by atoms with van der Waals surface area (Å²) in [5.74, 6) is 0. The third-order valence-corrected chi connectivity index (χ3v) is 2.18. The molecule has 0 saturated carbocycles. The summed E-state index contributed by atoms with van der Waals surface area (Å²) in [5.41, 5.74) is 1.33. The average Bonchev–Trinajstić information content (AvgIpc) is 2.41. The van der Waals surface area contributed by atoms with E-state index in [4.69, 9.17) is 0 Å². The summed E-state index contributed by atoms with van der Waals surface area (Å²) in [5, 5.41) is 3.28. The first-order valence-electron chi connectivity index (χ1n) is 5.22. The van der Waals surface area contributed by atoms with Gasteiger partial charge in [-0.15, -0.1) is 0 Å². The van der Waals surface area contributed by atoms with Crippen molar-refractivity contribution in [2.45, 2.75) is 39.0 Å². The SMILES string of the molecule is CCCCCCC1=CC=CC=CN1. The molecule has 13 heavy (non-hydrogen) atoms. The molecule has 0 spiro atoms. The molecular formula is C12H19N. The van der Waals surface area contributed by atoms with Gasteiger partial charge >= 0.3 is 0 Å². The number of allylic oxidation sites excluding steroid dienone is 5. The maximum atomic E-state index is 3.28. The second-order valence-corrected chi connectivity index (χ2v) is 3.39. The summed E-state index contributed by atoms with van der Waals surface area (Å²) < 4.78 is 0. The second-order valence-electron chi connectivity index (χ2n) is 3.39. The third kappa shape index (κ3) is 4.56. The van der Waals surface area contributed by atoms with Gasteiger partial charge in [-0.3, -0.25) is 0 Å². The normalized spacial score (nSPS) is 15.0. The van der Waals surface area contributed by atoms with Crippen LogP contribution in [0.4, 0.5) is 0 Å². The average molecular weight is 177 g/mol. The molecule has 0 fully saturated rings. The van der Waals surface area contributed by atoms with Gasteiger partial charge in [-0.2, -0.15) is 0 Å². The fourth-order valence-electron chi connectivity index (χ4n) is 1.39. The van der Waals surface area contributed by atoms with Crippen molar-refractivity contribution in [2.24, 2.45) is 0 Å². The Morgan fingerprint density at radius 3 is 2.85 bits per heavy atom. The molecule has 1 nitrogen and oxygen atoms in total. The Labute approximate surface area is 81.2 Å². The predicted molar refractivity (Wildman–Crippen MR) is 58.3 cm³/mol. The Morgan fingerprint density at radius 2 is 2.00 bits per heavy atom. The van der Waals surface area contributed by atoms with Crippen molar-refractivity contribution in [3.05, 3.63) is 36.2 Å². The van der Waals surface area contributed by atoms with Crippen molar-refractivity contribution < 1.29 is 0 Å². The van der Waals surface area contributed by atoms with Gasteiger partial charge in [-0.25, -0.2) is 0 Å². The first-order chi connectivity index (χ1) is 6.43. The van der Waals surface area contributed by atoms with Crippen LogP contribution in [-0.2, 0) is 0 Å².